The van der Waals surface area contributed by atoms with Crippen molar-refractivity contribution in [2.75, 3.05) is 11.9 Å². The molecular weight excluding hydrogens is 301 g/mol. The van der Waals surface area contributed by atoms with Gasteiger partial charge in [0.05, 0.1) is 6.04 Å². The minimum atomic E-state index is -0.425. The fourth-order valence-corrected chi connectivity index (χ4v) is 2.74. The van der Waals surface area contributed by atoms with Gasteiger partial charge < -0.3 is 5.32 Å². The molecule has 1 aliphatic heterocycles. The molecule has 0 fully saturated rings. The van der Waals surface area contributed by atoms with Gasteiger partial charge in [-0.2, -0.15) is 4.98 Å². The molecule has 6 heteroatoms. The zero-order chi connectivity index (χ0) is 12.9. The summed E-state index contributed by atoms with van der Waals surface area (Å²) in [4.78, 5) is 15.8. The van der Waals surface area contributed by atoms with Crippen molar-refractivity contribution < 1.29 is 4.39 Å². The quantitative estimate of drug-likeness (QED) is 0.823. The SMILES string of the molecule is C[C@H]1CNc2c3ccc(CBr)c(F)c3nc(=O)n21. The molecule has 94 valence electrons. The summed E-state index contributed by atoms with van der Waals surface area (Å²) in [7, 11) is 0. The summed E-state index contributed by atoms with van der Waals surface area (Å²) in [6.07, 6.45) is 0. The van der Waals surface area contributed by atoms with Crippen molar-refractivity contribution in [1.82, 2.24) is 9.55 Å². The van der Waals surface area contributed by atoms with Gasteiger partial charge in [0.2, 0.25) is 0 Å². The smallest absolute Gasteiger partial charge is 0.350 e. The molecule has 1 aromatic carbocycles. The number of rotatable bonds is 1. The standard InChI is InChI=1S/C12H11BrFN3O/c1-6-5-15-11-8-3-2-7(4-13)9(14)10(8)16-12(18)17(6)11/h2-3,6,15H,4-5H2,1H3/t6-/m0/s1. The third-order valence-electron chi connectivity index (χ3n) is 3.26. The fourth-order valence-electron chi connectivity index (χ4n) is 2.31. The van der Waals surface area contributed by atoms with E-state index in [9.17, 15) is 9.18 Å². The van der Waals surface area contributed by atoms with Crippen molar-refractivity contribution in [3.8, 4) is 0 Å². The van der Waals surface area contributed by atoms with Gasteiger partial charge >= 0.3 is 5.69 Å². The number of anilines is 1. The number of hydrogen-bond acceptors (Lipinski definition) is 3. The second kappa shape index (κ2) is 4.05. The van der Waals surface area contributed by atoms with Crippen molar-refractivity contribution in [3.63, 3.8) is 0 Å². The Hall–Kier alpha value is -1.43. The van der Waals surface area contributed by atoms with Crippen LogP contribution in [0.3, 0.4) is 0 Å². The van der Waals surface area contributed by atoms with Gasteiger partial charge in [0, 0.05) is 22.8 Å². The predicted octanol–water partition coefficient (Wildman–Crippen LogP) is 2.42. The van der Waals surface area contributed by atoms with Crippen molar-refractivity contribution in [2.24, 2.45) is 0 Å². The van der Waals surface area contributed by atoms with Crippen molar-refractivity contribution in [2.45, 2.75) is 18.3 Å². The lowest BCUT2D eigenvalue weighted by Crippen LogP contribution is -2.23. The summed E-state index contributed by atoms with van der Waals surface area (Å²) in [5.41, 5.74) is 0.246. The van der Waals surface area contributed by atoms with Crippen molar-refractivity contribution >= 4 is 32.7 Å². The maximum absolute atomic E-state index is 14.1. The van der Waals surface area contributed by atoms with Crippen molar-refractivity contribution in [1.29, 1.82) is 0 Å². The van der Waals surface area contributed by atoms with E-state index in [1.54, 1.807) is 16.7 Å². The third-order valence-corrected chi connectivity index (χ3v) is 3.86. The Morgan fingerprint density at radius 1 is 1.61 bits per heavy atom. The molecule has 2 heterocycles. The van der Waals surface area contributed by atoms with Gasteiger partial charge in [-0.3, -0.25) is 4.57 Å². The van der Waals surface area contributed by atoms with Crippen LogP contribution in [0.15, 0.2) is 16.9 Å². The van der Waals surface area contributed by atoms with Crippen molar-refractivity contribution in [3.05, 3.63) is 34.0 Å². The lowest BCUT2D eigenvalue weighted by atomic mass is 10.1. The maximum Gasteiger partial charge on any atom is 0.350 e. The Morgan fingerprint density at radius 3 is 3.11 bits per heavy atom. The molecule has 1 atom stereocenters. The lowest BCUT2D eigenvalue weighted by molar-refractivity contribution is 0.593. The number of benzene rings is 1. The molecule has 1 aliphatic rings. The van der Waals surface area contributed by atoms with Crippen LogP contribution in [-0.2, 0) is 5.33 Å². The van der Waals surface area contributed by atoms with E-state index in [-0.39, 0.29) is 11.6 Å². The van der Waals surface area contributed by atoms with Crippen LogP contribution in [0.5, 0.6) is 0 Å². The van der Waals surface area contributed by atoms with E-state index < -0.39 is 11.5 Å². The zero-order valence-electron chi connectivity index (χ0n) is 9.70. The van der Waals surface area contributed by atoms with E-state index in [0.29, 0.717) is 28.6 Å². The molecule has 2 aromatic rings. The topological polar surface area (TPSA) is 46.9 Å². The number of fused-ring (bicyclic) bond motifs is 3. The largest absolute Gasteiger partial charge is 0.369 e. The first-order valence-electron chi connectivity index (χ1n) is 5.67. The first-order valence-corrected chi connectivity index (χ1v) is 6.79. The Morgan fingerprint density at radius 2 is 2.39 bits per heavy atom. The lowest BCUT2D eigenvalue weighted by Gasteiger charge is -2.10. The number of halogens is 2. The number of nitrogens with zero attached hydrogens (tertiary/aromatic N) is 2. The molecule has 0 spiro atoms. The van der Waals surface area contributed by atoms with Gasteiger partial charge in [0.15, 0.2) is 5.82 Å². The number of aromatic nitrogens is 2. The molecule has 3 rings (SSSR count). The van der Waals surface area contributed by atoms with Crippen LogP contribution >= 0.6 is 15.9 Å². The van der Waals surface area contributed by atoms with Gasteiger partial charge in [0.1, 0.15) is 11.3 Å². The van der Waals surface area contributed by atoms with E-state index in [0.717, 1.165) is 0 Å². The molecule has 1 aromatic heterocycles. The highest BCUT2D eigenvalue weighted by molar-refractivity contribution is 9.08. The summed E-state index contributed by atoms with van der Waals surface area (Å²) in [5.74, 6) is 0.240. The molecule has 4 nitrogen and oxygen atoms in total. The zero-order valence-corrected chi connectivity index (χ0v) is 11.3. The van der Waals surface area contributed by atoms with Crippen LogP contribution in [0, 0.1) is 5.82 Å². The summed E-state index contributed by atoms with van der Waals surface area (Å²) in [6, 6.07) is 3.56. The van der Waals surface area contributed by atoms with Crippen LogP contribution in [-0.4, -0.2) is 16.1 Å². The van der Waals surface area contributed by atoms with Crippen LogP contribution < -0.4 is 11.0 Å². The summed E-state index contributed by atoms with van der Waals surface area (Å²) in [5, 5.41) is 4.20. The molecular formula is C12H11BrFN3O. The highest BCUT2D eigenvalue weighted by Gasteiger charge is 2.23. The normalized spacial score (nSPS) is 17.8. The van der Waals surface area contributed by atoms with Gasteiger partial charge in [-0.15, -0.1) is 0 Å². The molecule has 0 aliphatic carbocycles. The van der Waals surface area contributed by atoms with E-state index in [1.165, 1.54) is 0 Å². The second-order valence-electron chi connectivity index (χ2n) is 4.41. The van der Waals surface area contributed by atoms with Crippen LogP contribution in [0.1, 0.15) is 18.5 Å². The molecule has 0 radical (unpaired) electrons. The Bertz CT molecular complexity index is 698. The van der Waals surface area contributed by atoms with E-state index >= 15 is 0 Å². The highest BCUT2D eigenvalue weighted by Crippen LogP contribution is 2.30. The fraction of sp³-hybridized carbons (Fsp3) is 0.333. The molecule has 18 heavy (non-hydrogen) atoms. The Labute approximate surface area is 111 Å². The minimum Gasteiger partial charge on any atom is -0.369 e. The van der Waals surface area contributed by atoms with E-state index in [1.807, 2.05) is 6.92 Å². The summed E-state index contributed by atoms with van der Waals surface area (Å²) in [6.45, 7) is 2.60. The minimum absolute atomic E-state index is 0.0447. The van der Waals surface area contributed by atoms with E-state index in [2.05, 4.69) is 26.2 Å². The monoisotopic (exact) mass is 311 g/mol. The Kier molecular flexibility index (Phi) is 2.62. The number of hydrogen-bond donors (Lipinski definition) is 1. The third kappa shape index (κ3) is 1.48. The number of nitrogens with one attached hydrogen (secondary N) is 1. The molecule has 0 saturated heterocycles. The summed E-state index contributed by atoms with van der Waals surface area (Å²) >= 11 is 3.22. The molecule has 0 saturated carbocycles. The van der Waals surface area contributed by atoms with Crippen LogP contribution in [0.25, 0.3) is 10.9 Å². The predicted molar refractivity (Wildman–Crippen MR) is 71.8 cm³/mol. The van der Waals surface area contributed by atoms with Gasteiger partial charge in [-0.05, 0) is 13.0 Å². The van der Waals surface area contributed by atoms with E-state index in [4.69, 9.17) is 0 Å². The highest BCUT2D eigenvalue weighted by atomic mass is 79.9. The van der Waals surface area contributed by atoms with Gasteiger partial charge in [-0.1, -0.05) is 22.0 Å². The molecule has 0 bridgehead atoms. The van der Waals surface area contributed by atoms with Gasteiger partial charge in [-0.25, -0.2) is 9.18 Å². The molecule has 0 amide bonds. The second-order valence-corrected chi connectivity index (χ2v) is 4.97. The average molecular weight is 312 g/mol. The number of alkyl halides is 1. The summed E-state index contributed by atoms with van der Waals surface area (Å²) < 4.78 is 15.7. The maximum atomic E-state index is 14.1. The first-order chi connectivity index (χ1) is 8.63. The first kappa shape index (κ1) is 11.6. The average Bonchev–Trinajstić information content (AvgIpc) is 2.74. The molecule has 1 N–H and O–H groups in total. The van der Waals surface area contributed by atoms with Gasteiger partial charge in [0.25, 0.3) is 0 Å². The van der Waals surface area contributed by atoms with Crippen LogP contribution in [0.4, 0.5) is 10.2 Å². The molecule has 0 unspecified atom stereocenters. The van der Waals surface area contributed by atoms with Crippen LogP contribution in [0.2, 0.25) is 0 Å². The Balaban J connectivity index is 2.43.